The van der Waals surface area contributed by atoms with Crippen molar-refractivity contribution in [2.45, 2.75) is 64.8 Å². The number of aliphatic carboxylic acids is 1. The number of nitrogens with one attached hydrogen (secondary N) is 2. The van der Waals surface area contributed by atoms with E-state index in [0.29, 0.717) is 13.0 Å². The molecule has 0 bridgehead atoms. The van der Waals surface area contributed by atoms with Crippen LogP contribution in [-0.2, 0) is 4.79 Å². The van der Waals surface area contributed by atoms with Crippen molar-refractivity contribution in [2.24, 2.45) is 5.41 Å². The van der Waals surface area contributed by atoms with Crippen molar-refractivity contribution in [1.29, 1.82) is 0 Å². The summed E-state index contributed by atoms with van der Waals surface area (Å²) >= 11 is 0. The SMILES string of the molecule is CCC(CC(=O)O)NC(=O)NCC1(CC)CCCC1. The number of rotatable bonds is 7. The lowest BCUT2D eigenvalue weighted by atomic mass is 9.83. The molecule has 1 unspecified atom stereocenters. The van der Waals surface area contributed by atoms with Crippen LogP contribution in [0.15, 0.2) is 0 Å². The molecule has 0 aromatic carbocycles. The lowest BCUT2D eigenvalue weighted by molar-refractivity contribution is -0.137. The van der Waals surface area contributed by atoms with E-state index in [2.05, 4.69) is 17.6 Å². The van der Waals surface area contributed by atoms with E-state index in [1.165, 1.54) is 25.7 Å². The Morgan fingerprint density at radius 1 is 1.26 bits per heavy atom. The van der Waals surface area contributed by atoms with Gasteiger partial charge in [0.05, 0.1) is 6.42 Å². The fraction of sp³-hybridized carbons (Fsp3) is 0.857. The lowest BCUT2D eigenvalue weighted by Crippen LogP contribution is -2.46. The van der Waals surface area contributed by atoms with Crippen molar-refractivity contribution in [3.63, 3.8) is 0 Å². The Hall–Kier alpha value is -1.26. The van der Waals surface area contributed by atoms with Gasteiger partial charge < -0.3 is 15.7 Å². The van der Waals surface area contributed by atoms with Crippen LogP contribution < -0.4 is 10.6 Å². The Morgan fingerprint density at radius 3 is 2.37 bits per heavy atom. The van der Waals surface area contributed by atoms with Gasteiger partial charge in [-0.15, -0.1) is 0 Å². The van der Waals surface area contributed by atoms with E-state index in [-0.39, 0.29) is 23.9 Å². The quantitative estimate of drug-likeness (QED) is 0.665. The molecule has 3 N–H and O–H groups in total. The third kappa shape index (κ3) is 5.09. The first-order valence-corrected chi connectivity index (χ1v) is 7.27. The average Bonchev–Trinajstić information content (AvgIpc) is 2.84. The van der Waals surface area contributed by atoms with Gasteiger partial charge in [0.2, 0.25) is 0 Å². The van der Waals surface area contributed by atoms with Gasteiger partial charge in [-0.05, 0) is 31.1 Å². The summed E-state index contributed by atoms with van der Waals surface area (Å²) in [6, 6.07) is -0.536. The second kappa shape index (κ2) is 7.36. The highest BCUT2D eigenvalue weighted by atomic mass is 16.4. The standard InChI is InChI=1S/C14H26N2O3/c1-3-11(9-12(17)18)16-13(19)15-10-14(4-2)7-5-6-8-14/h11H,3-10H2,1-2H3,(H,17,18)(H2,15,16,19). The second-order valence-corrected chi connectivity index (χ2v) is 5.59. The van der Waals surface area contributed by atoms with Crippen molar-refractivity contribution < 1.29 is 14.7 Å². The smallest absolute Gasteiger partial charge is 0.315 e. The number of hydrogen-bond acceptors (Lipinski definition) is 2. The summed E-state index contributed by atoms with van der Waals surface area (Å²) in [5, 5.41) is 14.4. The van der Waals surface area contributed by atoms with E-state index in [4.69, 9.17) is 5.11 Å². The van der Waals surface area contributed by atoms with E-state index in [1.54, 1.807) is 0 Å². The minimum absolute atomic E-state index is 0.0250. The van der Waals surface area contributed by atoms with Crippen LogP contribution in [0.1, 0.15) is 58.8 Å². The topological polar surface area (TPSA) is 78.4 Å². The van der Waals surface area contributed by atoms with Crippen molar-refractivity contribution >= 4 is 12.0 Å². The van der Waals surface area contributed by atoms with Crippen molar-refractivity contribution in [1.82, 2.24) is 10.6 Å². The fourth-order valence-electron chi connectivity index (χ4n) is 2.79. The minimum atomic E-state index is -0.882. The molecule has 0 heterocycles. The highest BCUT2D eigenvalue weighted by molar-refractivity contribution is 5.75. The molecule has 1 atom stereocenters. The summed E-state index contributed by atoms with van der Waals surface area (Å²) < 4.78 is 0. The molecule has 0 aromatic heterocycles. The summed E-state index contributed by atoms with van der Waals surface area (Å²) in [6.45, 7) is 4.74. The van der Waals surface area contributed by atoms with E-state index in [9.17, 15) is 9.59 Å². The molecular weight excluding hydrogens is 244 g/mol. The summed E-state index contributed by atoms with van der Waals surface area (Å²) in [6.07, 6.45) is 6.52. The molecule has 1 saturated carbocycles. The van der Waals surface area contributed by atoms with Crippen molar-refractivity contribution in [2.75, 3.05) is 6.54 Å². The van der Waals surface area contributed by atoms with Gasteiger partial charge in [-0.2, -0.15) is 0 Å². The van der Waals surface area contributed by atoms with Gasteiger partial charge in [-0.3, -0.25) is 4.79 Å². The normalized spacial score (nSPS) is 18.8. The van der Waals surface area contributed by atoms with Crippen LogP contribution in [0.4, 0.5) is 4.79 Å². The van der Waals surface area contributed by atoms with Gasteiger partial charge >= 0.3 is 12.0 Å². The third-order valence-corrected chi connectivity index (χ3v) is 4.29. The molecule has 5 heteroatoms. The summed E-state index contributed by atoms with van der Waals surface area (Å²) in [4.78, 5) is 22.4. The van der Waals surface area contributed by atoms with Crippen LogP contribution in [0, 0.1) is 5.41 Å². The molecule has 19 heavy (non-hydrogen) atoms. The number of amides is 2. The Balaban J connectivity index is 2.35. The van der Waals surface area contributed by atoms with E-state index in [1.807, 2.05) is 6.92 Å². The van der Waals surface area contributed by atoms with Crippen LogP contribution in [0.2, 0.25) is 0 Å². The maximum atomic E-state index is 11.8. The molecule has 0 spiro atoms. The van der Waals surface area contributed by atoms with Gasteiger partial charge in [0.25, 0.3) is 0 Å². The van der Waals surface area contributed by atoms with E-state index < -0.39 is 5.97 Å². The molecule has 1 fully saturated rings. The Bertz CT molecular complexity index is 312. The van der Waals surface area contributed by atoms with E-state index >= 15 is 0 Å². The average molecular weight is 270 g/mol. The molecule has 0 saturated heterocycles. The molecule has 0 aliphatic heterocycles. The number of carboxylic acid groups (broad SMARTS) is 1. The van der Waals surface area contributed by atoms with Crippen molar-refractivity contribution in [3.05, 3.63) is 0 Å². The van der Waals surface area contributed by atoms with Gasteiger partial charge in [-0.1, -0.05) is 26.7 Å². The Kier molecular flexibility index (Phi) is 6.12. The zero-order valence-corrected chi connectivity index (χ0v) is 12.0. The second-order valence-electron chi connectivity index (χ2n) is 5.59. The number of carboxylic acids is 1. The molecule has 0 aromatic rings. The Labute approximate surface area is 115 Å². The molecule has 1 rings (SSSR count). The molecular formula is C14H26N2O3. The summed E-state index contributed by atoms with van der Waals surface area (Å²) in [5.41, 5.74) is 0.256. The van der Waals surface area contributed by atoms with Crippen molar-refractivity contribution in [3.8, 4) is 0 Å². The fourth-order valence-corrected chi connectivity index (χ4v) is 2.79. The highest BCUT2D eigenvalue weighted by Gasteiger charge is 2.32. The maximum absolute atomic E-state index is 11.8. The largest absolute Gasteiger partial charge is 0.481 e. The highest BCUT2D eigenvalue weighted by Crippen LogP contribution is 2.40. The number of carbonyl (C=O) groups is 2. The monoisotopic (exact) mass is 270 g/mol. The maximum Gasteiger partial charge on any atom is 0.315 e. The molecule has 110 valence electrons. The molecule has 5 nitrogen and oxygen atoms in total. The molecule has 0 radical (unpaired) electrons. The lowest BCUT2D eigenvalue weighted by Gasteiger charge is -2.28. The first-order chi connectivity index (χ1) is 9.01. The van der Waals surface area contributed by atoms with E-state index in [0.717, 1.165) is 6.42 Å². The van der Waals surface area contributed by atoms with Gasteiger partial charge in [-0.25, -0.2) is 4.79 Å². The van der Waals surface area contributed by atoms with Crippen LogP contribution in [-0.4, -0.2) is 29.7 Å². The van der Waals surface area contributed by atoms with Gasteiger partial charge in [0.1, 0.15) is 0 Å². The molecule has 1 aliphatic carbocycles. The molecule has 2 amide bonds. The number of carbonyl (C=O) groups excluding carboxylic acids is 1. The summed E-state index contributed by atoms with van der Waals surface area (Å²) in [7, 11) is 0. The zero-order chi connectivity index (χ0) is 14.3. The van der Waals surface area contributed by atoms with Crippen LogP contribution in [0.5, 0.6) is 0 Å². The third-order valence-electron chi connectivity index (χ3n) is 4.29. The Morgan fingerprint density at radius 2 is 1.89 bits per heavy atom. The zero-order valence-electron chi connectivity index (χ0n) is 12.0. The summed E-state index contributed by atoms with van der Waals surface area (Å²) in [5.74, 6) is -0.882. The minimum Gasteiger partial charge on any atom is -0.481 e. The van der Waals surface area contributed by atoms with Gasteiger partial charge in [0, 0.05) is 12.6 Å². The number of hydrogen-bond donors (Lipinski definition) is 3. The first kappa shape index (κ1) is 15.8. The first-order valence-electron chi connectivity index (χ1n) is 7.27. The number of urea groups is 1. The van der Waals surface area contributed by atoms with Gasteiger partial charge in [0.15, 0.2) is 0 Å². The predicted octanol–water partition coefficient (Wildman–Crippen LogP) is 2.51. The molecule has 1 aliphatic rings. The van der Waals surface area contributed by atoms with Crippen LogP contribution in [0.25, 0.3) is 0 Å². The van der Waals surface area contributed by atoms with Crippen LogP contribution in [0.3, 0.4) is 0 Å². The predicted molar refractivity (Wildman–Crippen MR) is 74.1 cm³/mol. The van der Waals surface area contributed by atoms with Crippen LogP contribution >= 0.6 is 0 Å².